The average Bonchev–Trinajstić information content (AvgIpc) is 2.89. The van der Waals surface area contributed by atoms with Crippen molar-refractivity contribution in [1.29, 1.82) is 0 Å². The molecule has 1 aromatic heterocycles. The predicted octanol–water partition coefficient (Wildman–Crippen LogP) is 2.68. The van der Waals surface area contributed by atoms with Gasteiger partial charge in [-0.1, -0.05) is 30.3 Å². The Morgan fingerprint density at radius 3 is 2.86 bits per heavy atom. The maximum absolute atomic E-state index is 12.7. The van der Waals surface area contributed by atoms with Crippen LogP contribution in [0.25, 0.3) is 10.6 Å². The van der Waals surface area contributed by atoms with Crippen LogP contribution in [0.1, 0.15) is 28.2 Å². The van der Waals surface area contributed by atoms with Gasteiger partial charge in [0.2, 0.25) is 0 Å². The van der Waals surface area contributed by atoms with Gasteiger partial charge in [-0.15, -0.1) is 11.3 Å². The summed E-state index contributed by atoms with van der Waals surface area (Å²) in [6.07, 6.45) is 1.98. The zero-order chi connectivity index (χ0) is 14.8. The molecule has 110 valence electrons. The number of hydrogen-bond acceptors (Lipinski definition) is 4. The quantitative estimate of drug-likeness (QED) is 0.927. The fraction of sp³-hybridized carbons (Fsp3) is 0.375. The van der Waals surface area contributed by atoms with Gasteiger partial charge in [0.25, 0.3) is 5.91 Å². The van der Waals surface area contributed by atoms with E-state index in [4.69, 9.17) is 5.73 Å². The second-order valence-corrected chi connectivity index (χ2v) is 6.45. The average molecular weight is 301 g/mol. The van der Waals surface area contributed by atoms with Crippen LogP contribution in [-0.2, 0) is 0 Å². The van der Waals surface area contributed by atoms with E-state index in [0.717, 1.165) is 40.5 Å². The number of piperidine rings is 1. The summed E-state index contributed by atoms with van der Waals surface area (Å²) in [5.41, 5.74) is 7.83. The Hall–Kier alpha value is -1.72. The van der Waals surface area contributed by atoms with Crippen LogP contribution in [0.15, 0.2) is 30.3 Å². The van der Waals surface area contributed by atoms with Crippen LogP contribution >= 0.6 is 11.3 Å². The highest BCUT2D eigenvalue weighted by Gasteiger charge is 2.25. The molecule has 1 saturated heterocycles. The molecular weight excluding hydrogens is 282 g/mol. The lowest BCUT2D eigenvalue weighted by Crippen LogP contribution is -2.45. The summed E-state index contributed by atoms with van der Waals surface area (Å²) in [4.78, 5) is 19.8. The van der Waals surface area contributed by atoms with E-state index in [2.05, 4.69) is 4.98 Å². The summed E-state index contributed by atoms with van der Waals surface area (Å²) >= 11 is 1.47. The monoisotopic (exact) mass is 301 g/mol. The molecule has 1 amide bonds. The smallest absolute Gasteiger partial charge is 0.265 e. The first-order chi connectivity index (χ1) is 10.1. The van der Waals surface area contributed by atoms with Crippen molar-refractivity contribution >= 4 is 17.2 Å². The van der Waals surface area contributed by atoms with E-state index in [0.29, 0.717) is 6.54 Å². The minimum atomic E-state index is 0.0716. The molecule has 2 aromatic rings. The number of thiazole rings is 1. The van der Waals surface area contributed by atoms with Gasteiger partial charge in [0.1, 0.15) is 9.88 Å². The summed E-state index contributed by atoms with van der Waals surface area (Å²) in [5, 5.41) is 0.901. The zero-order valence-corrected chi connectivity index (χ0v) is 12.9. The number of likely N-dealkylation sites (tertiary alicyclic amines) is 1. The molecule has 0 bridgehead atoms. The molecule has 5 heteroatoms. The first kappa shape index (κ1) is 14.2. The van der Waals surface area contributed by atoms with Crippen molar-refractivity contribution in [2.24, 2.45) is 5.73 Å². The third kappa shape index (κ3) is 2.99. The van der Waals surface area contributed by atoms with Crippen LogP contribution in [-0.4, -0.2) is 34.9 Å². The molecule has 1 fully saturated rings. The molecule has 2 N–H and O–H groups in total. The molecule has 1 aliphatic rings. The summed E-state index contributed by atoms with van der Waals surface area (Å²) in [6, 6.07) is 10.1. The highest BCUT2D eigenvalue weighted by atomic mass is 32.1. The lowest BCUT2D eigenvalue weighted by Gasteiger charge is -2.30. The molecule has 0 radical (unpaired) electrons. The second kappa shape index (κ2) is 5.95. The van der Waals surface area contributed by atoms with Gasteiger partial charge in [-0.2, -0.15) is 0 Å². The maximum Gasteiger partial charge on any atom is 0.265 e. The lowest BCUT2D eigenvalue weighted by atomic mass is 10.1. The van der Waals surface area contributed by atoms with Crippen molar-refractivity contribution in [1.82, 2.24) is 9.88 Å². The fourth-order valence-electron chi connectivity index (χ4n) is 2.64. The zero-order valence-electron chi connectivity index (χ0n) is 12.1. The third-order valence-corrected chi connectivity index (χ3v) is 4.95. The molecule has 3 rings (SSSR count). The Morgan fingerprint density at radius 2 is 2.14 bits per heavy atom. The van der Waals surface area contributed by atoms with Gasteiger partial charge in [0.05, 0.1) is 5.69 Å². The number of carbonyl (C=O) groups is 1. The highest BCUT2D eigenvalue weighted by Crippen LogP contribution is 2.29. The van der Waals surface area contributed by atoms with E-state index in [9.17, 15) is 4.79 Å². The van der Waals surface area contributed by atoms with Crippen LogP contribution < -0.4 is 5.73 Å². The minimum absolute atomic E-state index is 0.0716. The van der Waals surface area contributed by atoms with Gasteiger partial charge in [0, 0.05) is 24.7 Å². The number of rotatable bonds is 2. The second-order valence-electron chi connectivity index (χ2n) is 5.45. The van der Waals surface area contributed by atoms with Crippen molar-refractivity contribution in [3.63, 3.8) is 0 Å². The number of amides is 1. The Balaban J connectivity index is 1.86. The third-order valence-electron chi connectivity index (χ3n) is 3.76. The Labute approximate surface area is 128 Å². The van der Waals surface area contributed by atoms with E-state index in [-0.39, 0.29) is 11.9 Å². The van der Waals surface area contributed by atoms with E-state index in [1.807, 2.05) is 42.2 Å². The van der Waals surface area contributed by atoms with Crippen molar-refractivity contribution in [3.05, 3.63) is 40.9 Å². The molecular formula is C16H19N3OS. The van der Waals surface area contributed by atoms with Crippen LogP contribution in [0.2, 0.25) is 0 Å². The lowest BCUT2D eigenvalue weighted by molar-refractivity contribution is 0.0713. The van der Waals surface area contributed by atoms with Crippen molar-refractivity contribution in [2.75, 3.05) is 13.1 Å². The van der Waals surface area contributed by atoms with Gasteiger partial charge >= 0.3 is 0 Å². The van der Waals surface area contributed by atoms with Crippen molar-refractivity contribution in [3.8, 4) is 10.6 Å². The van der Waals surface area contributed by atoms with Crippen LogP contribution in [0.5, 0.6) is 0 Å². The molecule has 1 aromatic carbocycles. The largest absolute Gasteiger partial charge is 0.336 e. The number of nitrogens with zero attached hydrogens (tertiary/aromatic N) is 2. The normalized spacial score (nSPS) is 18.8. The van der Waals surface area contributed by atoms with E-state index in [1.165, 1.54) is 11.3 Å². The summed E-state index contributed by atoms with van der Waals surface area (Å²) < 4.78 is 0. The molecule has 4 nitrogen and oxygen atoms in total. The first-order valence-corrected chi connectivity index (χ1v) is 8.04. The van der Waals surface area contributed by atoms with E-state index < -0.39 is 0 Å². The fourth-order valence-corrected chi connectivity index (χ4v) is 3.68. The molecule has 1 unspecified atom stereocenters. The Morgan fingerprint density at radius 1 is 1.38 bits per heavy atom. The van der Waals surface area contributed by atoms with Gasteiger partial charge in [-0.25, -0.2) is 4.98 Å². The molecule has 1 atom stereocenters. The van der Waals surface area contributed by atoms with Crippen molar-refractivity contribution < 1.29 is 4.79 Å². The van der Waals surface area contributed by atoms with Crippen LogP contribution in [0.3, 0.4) is 0 Å². The summed E-state index contributed by atoms with van der Waals surface area (Å²) in [7, 11) is 0. The van der Waals surface area contributed by atoms with Gasteiger partial charge < -0.3 is 10.6 Å². The van der Waals surface area contributed by atoms with Crippen LogP contribution in [0.4, 0.5) is 0 Å². The minimum Gasteiger partial charge on any atom is -0.336 e. The first-order valence-electron chi connectivity index (χ1n) is 7.23. The highest BCUT2D eigenvalue weighted by molar-refractivity contribution is 7.17. The molecule has 0 spiro atoms. The number of nitrogens with two attached hydrogens (primary N) is 1. The van der Waals surface area contributed by atoms with Gasteiger partial charge in [0.15, 0.2) is 0 Å². The number of aromatic nitrogens is 1. The Bertz CT molecular complexity index is 638. The molecule has 2 heterocycles. The van der Waals surface area contributed by atoms with E-state index in [1.54, 1.807) is 0 Å². The number of carbonyl (C=O) groups excluding carboxylic acids is 1. The van der Waals surface area contributed by atoms with Crippen molar-refractivity contribution in [2.45, 2.75) is 25.8 Å². The predicted molar refractivity (Wildman–Crippen MR) is 85.4 cm³/mol. The van der Waals surface area contributed by atoms with Gasteiger partial charge in [-0.3, -0.25) is 4.79 Å². The SMILES string of the molecule is Cc1nc(-c2ccccc2)sc1C(=O)N1CCCC(N)C1. The number of aryl methyl sites for hydroxylation is 1. The summed E-state index contributed by atoms with van der Waals surface area (Å²) in [5.74, 6) is 0.0716. The molecule has 21 heavy (non-hydrogen) atoms. The molecule has 0 saturated carbocycles. The Kier molecular flexibility index (Phi) is 4.03. The topological polar surface area (TPSA) is 59.2 Å². The maximum atomic E-state index is 12.7. The molecule has 1 aliphatic heterocycles. The van der Waals surface area contributed by atoms with E-state index >= 15 is 0 Å². The molecule has 0 aliphatic carbocycles. The van der Waals surface area contributed by atoms with Gasteiger partial charge in [-0.05, 0) is 19.8 Å². The summed E-state index contributed by atoms with van der Waals surface area (Å²) in [6.45, 7) is 3.35. The standard InChI is InChI=1S/C16H19N3OS/c1-11-14(16(20)19-9-5-8-13(17)10-19)21-15(18-11)12-6-3-2-4-7-12/h2-4,6-7,13H,5,8-10,17H2,1H3. The number of benzene rings is 1. The van der Waals surface area contributed by atoms with Crippen LogP contribution in [0, 0.1) is 6.92 Å². The number of hydrogen-bond donors (Lipinski definition) is 1.